The molecule has 2 unspecified atom stereocenters. The van der Waals surface area contributed by atoms with E-state index in [9.17, 15) is 4.39 Å². The summed E-state index contributed by atoms with van der Waals surface area (Å²) in [6.07, 6.45) is 5.60. The smallest absolute Gasteiger partial charge is 0.142 e. The summed E-state index contributed by atoms with van der Waals surface area (Å²) in [5, 5.41) is 0.176. The van der Waals surface area contributed by atoms with E-state index in [1.807, 2.05) is 6.07 Å². The van der Waals surface area contributed by atoms with Gasteiger partial charge in [-0.3, -0.25) is 0 Å². The molecule has 18 heavy (non-hydrogen) atoms. The zero-order chi connectivity index (χ0) is 13.5. The summed E-state index contributed by atoms with van der Waals surface area (Å²) >= 11 is 5.96. The molecule has 0 aromatic heterocycles. The van der Waals surface area contributed by atoms with Gasteiger partial charge in [-0.2, -0.15) is 0 Å². The van der Waals surface area contributed by atoms with Crippen LogP contribution in [0.4, 0.5) is 4.39 Å². The van der Waals surface area contributed by atoms with E-state index >= 15 is 0 Å². The van der Waals surface area contributed by atoms with Crippen LogP contribution in [0.15, 0.2) is 18.2 Å². The zero-order valence-corrected chi connectivity index (χ0v) is 12.0. The van der Waals surface area contributed by atoms with Gasteiger partial charge in [0.1, 0.15) is 5.82 Å². The molecule has 0 aliphatic rings. The minimum atomic E-state index is -0.383. The van der Waals surface area contributed by atoms with Gasteiger partial charge in [0.05, 0.1) is 5.02 Å². The number of halogens is 2. The molecule has 0 amide bonds. The van der Waals surface area contributed by atoms with Crippen molar-refractivity contribution in [3.63, 3.8) is 0 Å². The molecule has 0 saturated carbocycles. The van der Waals surface area contributed by atoms with Gasteiger partial charge in [0.15, 0.2) is 0 Å². The van der Waals surface area contributed by atoms with Crippen LogP contribution in [0.1, 0.15) is 57.6 Å². The van der Waals surface area contributed by atoms with E-state index in [1.54, 1.807) is 6.07 Å². The third-order valence-corrected chi connectivity index (χ3v) is 3.91. The summed E-state index contributed by atoms with van der Waals surface area (Å²) in [5.74, 6) is 0.213. The molecule has 0 aliphatic heterocycles. The van der Waals surface area contributed by atoms with Crippen molar-refractivity contribution in [3.05, 3.63) is 34.6 Å². The van der Waals surface area contributed by atoms with Crippen LogP contribution in [0.5, 0.6) is 0 Å². The van der Waals surface area contributed by atoms with Crippen LogP contribution in [-0.2, 0) is 0 Å². The van der Waals surface area contributed by atoms with Gasteiger partial charge < -0.3 is 5.73 Å². The summed E-state index contributed by atoms with van der Waals surface area (Å²) < 4.78 is 13.4. The topological polar surface area (TPSA) is 26.0 Å². The van der Waals surface area contributed by atoms with Crippen LogP contribution in [0.25, 0.3) is 0 Å². The zero-order valence-electron chi connectivity index (χ0n) is 11.3. The second kappa shape index (κ2) is 7.75. The maximum absolute atomic E-state index is 13.4. The van der Waals surface area contributed by atoms with E-state index in [0.29, 0.717) is 5.92 Å². The molecule has 0 saturated heterocycles. The van der Waals surface area contributed by atoms with Gasteiger partial charge >= 0.3 is 0 Å². The number of benzene rings is 1. The predicted molar refractivity (Wildman–Crippen MR) is 76.3 cm³/mol. The Kier molecular flexibility index (Phi) is 6.66. The molecule has 0 heterocycles. The first kappa shape index (κ1) is 15.5. The summed E-state index contributed by atoms with van der Waals surface area (Å²) in [4.78, 5) is 0. The predicted octanol–water partition coefficient (Wildman–Crippen LogP) is 5.09. The van der Waals surface area contributed by atoms with Crippen molar-refractivity contribution in [1.29, 1.82) is 0 Å². The molecule has 0 bridgehead atoms. The molecule has 0 radical (unpaired) electrons. The van der Waals surface area contributed by atoms with Crippen molar-refractivity contribution >= 4 is 11.6 Å². The van der Waals surface area contributed by atoms with Crippen molar-refractivity contribution in [1.82, 2.24) is 0 Å². The monoisotopic (exact) mass is 271 g/mol. The Balaban J connectivity index is 2.68. The summed E-state index contributed by atoms with van der Waals surface area (Å²) in [6, 6.07) is 4.69. The number of nitrogens with two attached hydrogens (primary N) is 1. The maximum Gasteiger partial charge on any atom is 0.142 e. The van der Waals surface area contributed by atoms with Crippen molar-refractivity contribution in [2.45, 2.75) is 52.0 Å². The summed E-state index contributed by atoms with van der Waals surface area (Å²) in [6.45, 7) is 4.37. The van der Waals surface area contributed by atoms with Crippen LogP contribution in [0.2, 0.25) is 5.02 Å². The summed E-state index contributed by atoms with van der Waals surface area (Å²) in [5.41, 5.74) is 6.89. The molecular formula is C15H23ClFN. The lowest BCUT2D eigenvalue weighted by molar-refractivity contribution is 0.388. The Bertz CT molecular complexity index is 368. The molecule has 1 aromatic rings. The molecule has 1 nitrogen and oxygen atoms in total. The first-order valence-electron chi connectivity index (χ1n) is 6.79. The molecule has 0 fully saturated rings. The maximum atomic E-state index is 13.4. The van der Waals surface area contributed by atoms with Crippen molar-refractivity contribution < 1.29 is 4.39 Å². The largest absolute Gasteiger partial charge is 0.324 e. The van der Waals surface area contributed by atoms with Crippen LogP contribution in [0.3, 0.4) is 0 Å². The lowest BCUT2D eigenvalue weighted by Crippen LogP contribution is -2.16. The van der Waals surface area contributed by atoms with Gasteiger partial charge in [0.25, 0.3) is 0 Å². The normalized spacial score (nSPS) is 14.5. The third kappa shape index (κ3) is 4.25. The van der Waals surface area contributed by atoms with Gasteiger partial charge in [-0.05, 0) is 24.0 Å². The molecule has 0 aliphatic carbocycles. The second-order valence-corrected chi connectivity index (χ2v) is 5.28. The lowest BCUT2D eigenvalue weighted by atomic mass is 9.89. The molecule has 102 valence electrons. The van der Waals surface area contributed by atoms with Crippen molar-refractivity contribution in [2.75, 3.05) is 0 Å². The number of hydrogen-bond acceptors (Lipinski definition) is 1. The third-order valence-electron chi connectivity index (χ3n) is 3.51. The van der Waals surface area contributed by atoms with E-state index in [-0.39, 0.29) is 16.9 Å². The Morgan fingerprint density at radius 2 is 2.06 bits per heavy atom. The van der Waals surface area contributed by atoms with E-state index in [4.69, 9.17) is 17.3 Å². The lowest BCUT2D eigenvalue weighted by Gasteiger charge is -2.20. The quantitative estimate of drug-likeness (QED) is 0.735. The Morgan fingerprint density at radius 1 is 1.33 bits per heavy atom. The van der Waals surface area contributed by atoms with E-state index in [1.165, 1.54) is 25.3 Å². The van der Waals surface area contributed by atoms with Gasteiger partial charge in [0, 0.05) is 6.04 Å². The fourth-order valence-corrected chi connectivity index (χ4v) is 2.54. The van der Waals surface area contributed by atoms with Crippen LogP contribution < -0.4 is 5.73 Å². The molecule has 2 N–H and O–H groups in total. The average Bonchev–Trinajstić information content (AvgIpc) is 2.37. The minimum absolute atomic E-state index is 0.171. The SMILES string of the molecule is CCCCC(CC)CC(N)c1cccc(F)c1Cl. The highest BCUT2D eigenvalue weighted by molar-refractivity contribution is 6.31. The first-order valence-corrected chi connectivity index (χ1v) is 7.17. The van der Waals surface area contributed by atoms with Crippen LogP contribution in [0, 0.1) is 11.7 Å². The summed E-state index contributed by atoms with van der Waals surface area (Å²) in [7, 11) is 0. The van der Waals surface area contributed by atoms with Gasteiger partial charge in [-0.25, -0.2) is 4.39 Å². The minimum Gasteiger partial charge on any atom is -0.324 e. The van der Waals surface area contributed by atoms with Gasteiger partial charge in [-0.15, -0.1) is 0 Å². The highest BCUT2D eigenvalue weighted by Crippen LogP contribution is 2.30. The Labute approximate surface area is 115 Å². The average molecular weight is 272 g/mol. The highest BCUT2D eigenvalue weighted by Gasteiger charge is 2.17. The first-order chi connectivity index (χ1) is 8.60. The highest BCUT2D eigenvalue weighted by atomic mass is 35.5. The molecule has 0 spiro atoms. The molecule has 2 atom stereocenters. The fourth-order valence-electron chi connectivity index (χ4n) is 2.27. The molecule has 1 rings (SSSR count). The van der Waals surface area contributed by atoms with Gasteiger partial charge in [-0.1, -0.05) is 63.3 Å². The standard InChI is InChI=1S/C15H23ClFN/c1-3-5-7-11(4-2)10-14(18)12-8-6-9-13(17)15(12)16/h6,8-9,11,14H,3-5,7,10,18H2,1-2H3. The van der Waals surface area contributed by atoms with Gasteiger partial charge in [0.2, 0.25) is 0 Å². The number of hydrogen-bond donors (Lipinski definition) is 1. The van der Waals surface area contributed by atoms with Crippen LogP contribution >= 0.6 is 11.6 Å². The molecule has 1 aromatic carbocycles. The molecule has 3 heteroatoms. The Morgan fingerprint density at radius 3 is 2.67 bits per heavy atom. The number of rotatable bonds is 7. The van der Waals surface area contributed by atoms with E-state index < -0.39 is 0 Å². The van der Waals surface area contributed by atoms with E-state index in [0.717, 1.165) is 18.4 Å². The van der Waals surface area contributed by atoms with Crippen molar-refractivity contribution in [2.24, 2.45) is 11.7 Å². The fraction of sp³-hybridized carbons (Fsp3) is 0.600. The number of unbranched alkanes of at least 4 members (excludes halogenated alkanes) is 1. The molecular weight excluding hydrogens is 249 g/mol. The van der Waals surface area contributed by atoms with E-state index in [2.05, 4.69) is 13.8 Å². The van der Waals surface area contributed by atoms with Crippen molar-refractivity contribution in [3.8, 4) is 0 Å². The Hall–Kier alpha value is -0.600. The van der Waals surface area contributed by atoms with Crippen LogP contribution in [-0.4, -0.2) is 0 Å². The second-order valence-electron chi connectivity index (χ2n) is 4.90.